The first-order valence-electron chi connectivity index (χ1n) is 11.3. The summed E-state index contributed by atoms with van der Waals surface area (Å²) in [6.45, 7) is 2.17. The van der Waals surface area contributed by atoms with Gasteiger partial charge in [-0.1, -0.05) is 50.0 Å². The van der Waals surface area contributed by atoms with Crippen LogP contribution >= 0.6 is 0 Å². The molecule has 2 N–H and O–H groups in total. The van der Waals surface area contributed by atoms with Gasteiger partial charge in [-0.15, -0.1) is 0 Å². The zero-order chi connectivity index (χ0) is 20.5. The number of amides is 1. The fourth-order valence-corrected chi connectivity index (χ4v) is 4.85. The van der Waals surface area contributed by atoms with Crippen molar-refractivity contribution in [2.45, 2.75) is 89.8 Å². The molecular weight excluding hydrogens is 350 g/mol. The van der Waals surface area contributed by atoms with Crippen LogP contribution in [0.15, 0.2) is 23.8 Å². The van der Waals surface area contributed by atoms with Gasteiger partial charge in [0, 0.05) is 26.4 Å². The molecule has 2 fully saturated rings. The molecule has 4 heteroatoms. The Kier molecular flexibility index (Phi) is 9.73. The maximum absolute atomic E-state index is 11.6. The molecule has 0 saturated heterocycles. The summed E-state index contributed by atoms with van der Waals surface area (Å²) in [4.78, 5) is 13.3. The summed E-state index contributed by atoms with van der Waals surface area (Å²) in [5.74, 6) is 1.51. The first-order valence-corrected chi connectivity index (χ1v) is 11.3. The van der Waals surface area contributed by atoms with Crippen molar-refractivity contribution in [3.05, 3.63) is 23.8 Å². The van der Waals surface area contributed by atoms with Gasteiger partial charge in [0.2, 0.25) is 5.91 Å². The van der Waals surface area contributed by atoms with Crippen LogP contribution < -0.4 is 0 Å². The molecule has 0 aromatic rings. The van der Waals surface area contributed by atoms with Crippen molar-refractivity contribution in [2.75, 3.05) is 14.1 Å². The van der Waals surface area contributed by atoms with Crippen LogP contribution in [0.2, 0.25) is 0 Å². The number of hydrogen-bond acceptors (Lipinski definition) is 3. The molecule has 1 amide bonds. The second-order valence-corrected chi connectivity index (χ2v) is 9.06. The standard InChI is InChI=1S/C24H41NO3/c1-4-5-7-11-20(26)13-14-21-22-16-18(15-19(22)17-23(21)27)10-8-6-9-12-24(28)25(2)3/h10,13-14,19-23,26-27H,4-9,11-12,15-17H2,1-3H3/t19-,20-,21+,22-,23+/m0/s1. The summed E-state index contributed by atoms with van der Waals surface area (Å²) >= 11 is 0. The number of carbonyl (C=O) groups is 1. The number of fused-ring (bicyclic) bond motifs is 1. The van der Waals surface area contributed by atoms with Gasteiger partial charge in [-0.25, -0.2) is 0 Å². The van der Waals surface area contributed by atoms with Crippen molar-refractivity contribution in [2.24, 2.45) is 17.8 Å². The molecular formula is C24H41NO3. The molecule has 2 rings (SSSR count). The molecule has 2 saturated carbocycles. The number of aliphatic hydroxyl groups excluding tert-OH is 2. The van der Waals surface area contributed by atoms with Gasteiger partial charge in [-0.05, 0) is 56.8 Å². The van der Waals surface area contributed by atoms with Crippen LogP contribution in [-0.2, 0) is 4.79 Å². The van der Waals surface area contributed by atoms with Crippen LogP contribution in [0.25, 0.3) is 0 Å². The molecule has 160 valence electrons. The molecule has 5 atom stereocenters. The Labute approximate surface area is 171 Å². The number of allylic oxidation sites excluding steroid dienone is 2. The Morgan fingerprint density at radius 3 is 2.71 bits per heavy atom. The van der Waals surface area contributed by atoms with E-state index in [0.717, 1.165) is 51.4 Å². The minimum absolute atomic E-state index is 0.189. The maximum atomic E-state index is 11.6. The van der Waals surface area contributed by atoms with Crippen LogP contribution in [0.4, 0.5) is 0 Å². The van der Waals surface area contributed by atoms with Gasteiger partial charge in [-0.3, -0.25) is 4.79 Å². The van der Waals surface area contributed by atoms with Crippen LogP contribution in [0.3, 0.4) is 0 Å². The molecule has 4 nitrogen and oxygen atoms in total. The number of hydrogen-bond donors (Lipinski definition) is 2. The van der Waals surface area contributed by atoms with Gasteiger partial charge in [0.05, 0.1) is 12.2 Å². The molecule has 2 aliphatic carbocycles. The van der Waals surface area contributed by atoms with Crippen molar-refractivity contribution in [3.63, 3.8) is 0 Å². The monoisotopic (exact) mass is 391 g/mol. The van der Waals surface area contributed by atoms with Crippen molar-refractivity contribution in [3.8, 4) is 0 Å². The molecule has 0 unspecified atom stereocenters. The van der Waals surface area contributed by atoms with E-state index in [-0.39, 0.29) is 24.0 Å². The van der Waals surface area contributed by atoms with Gasteiger partial charge in [0.25, 0.3) is 0 Å². The number of rotatable bonds is 11. The predicted molar refractivity (Wildman–Crippen MR) is 115 cm³/mol. The molecule has 0 aromatic carbocycles. The lowest BCUT2D eigenvalue weighted by molar-refractivity contribution is -0.128. The highest BCUT2D eigenvalue weighted by molar-refractivity contribution is 5.75. The lowest BCUT2D eigenvalue weighted by Gasteiger charge is -2.17. The largest absolute Gasteiger partial charge is 0.392 e. The molecule has 0 aromatic heterocycles. The van der Waals surface area contributed by atoms with E-state index >= 15 is 0 Å². The molecule has 0 radical (unpaired) electrons. The summed E-state index contributed by atoms with van der Waals surface area (Å²) in [5, 5.41) is 20.6. The third-order valence-corrected chi connectivity index (χ3v) is 6.55. The van der Waals surface area contributed by atoms with Crippen LogP contribution in [0, 0.1) is 17.8 Å². The van der Waals surface area contributed by atoms with Gasteiger partial charge in [0.15, 0.2) is 0 Å². The summed E-state index contributed by atoms with van der Waals surface area (Å²) < 4.78 is 0. The predicted octanol–water partition coefficient (Wildman–Crippen LogP) is 4.47. The summed E-state index contributed by atoms with van der Waals surface area (Å²) in [5.41, 5.74) is 1.53. The highest BCUT2D eigenvalue weighted by Gasteiger charge is 2.44. The van der Waals surface area contributed by atoms with Crippen molar-refractivity contribution in [1.82, 2.24) is 4.90 Å². The molecule has 2 aliphatic rings. The highest BCUT2D eigenvalue weighted by atomic mass is 16.3. The van der Waals surface area contributed by atoms with Crippen LogP contribution in [-0.4, -0.2) is 47.3 Å². The smallest absolute Gasteiger partial charge is 0.222 e. The third kappa shape index (κ3) is 7.04. The lowest BCUT2D eigenvalue weighted by Crippen LogP contribution is -2.20. The summed E-state index contributed by atoms with van der Waals surface area (Å²) in [6, 6.07) is 0. The van der Waals surface area contributed by atoms with Gasteiger partial charge >= 0.3 is 0 Å². The number of carbonyl (C=O) groups excluding carboxylic acids is 1. The second-order valence-electron chi connectivity index (χ2n) is 9.06. The average Bonchev–Trinajstić information content (AvgIpc) is 3.16. The quantitative estimate of drug-likeness (QED) is 0.404. The fraction of sp³-hybridized carbons (Fsp3) is 0.792. The van der Waals surface area contributed by atoms with E-state index in [9.17, 15) is 15.0 Å². The SMILES string of the molecule is CCCCC[C@H](O)C=C[C@@H]1[C@H]2CC(=CCCCCC(=O)N(C)C)C[C@H]2C[C@H]1O. The minimum atomic E-state index is -0.376. The second kappa shape index (κ2) is 11.8. The fourth-order valence-electron chi connectivity index (χ4n) is 4.85. The lowest BCUT2D eigenvalue weighted by atomic mass is 9.90. The van der Waals surface area contributed by atoms with E-state index in [4.69, 9.17) is 0 Å². The maximum Gasteiger partial charge on any atom is 0.222 e. The average molecular weight is 392 g/mol. The normalized spacial score (nSPS) is 29.5. The first kappa shape index (κ1) is 23.2. The Morgan fingerprint density at radius 2 is 2.00 bits per heavy atom. The van der Waals surface area contributed by atoms with E-state index in [0.29, 0.717) is 18.3 Å². The van der Waals surface area contributed by atoms with Crippen LogP contribution in [0.1, 0.15) is 77.6 Å². The zero-order valence-corrected chi connectivity index (χ0v) is 18.1. The van der Waals surface area contributed by atoms with Gasteiger partial charge in [-0.2, -0.15) is 0 Å². The van der Waals surface area contributed by atoms with Crippen molar-refractivity contribution >= 4 is 5.91 Å². The van der Waals surface area contributed by atoms with E-state index in [2.05, 4.69) is 19.1 Å². The number of nitrogens with zero attached hydrogens (tertiary/aromatic N) is 1. The Balaban J connectivity index is 1.76. The highest BCUT2D eigenvalue weighted by Crippen LogP contribution is 2.50. The zero-order valence-electron chi connectivity index (χ0n) is 18.1. The summed E-state index contributed by atoms with van der Waals surface area (Å²) in [6.07, 6.45) is 16.8. The van der Waals surface area contributed by atoms with E-state index in [1.54, 1.807) is 4.90 Å². The van der Waals surface area contributed by atoms with Crippen molar-refractivity contribution in [1.29, 1.82) is 0 Å². The van der Waals surface area contributed by atoms with E-state index < -0.39 is 0 Å². The molecule has 0 heterocycles. The Morgan fingerprint density at radius 1 is 1.21 bits per heavy atom. The minimum Gasteiger partial charge on any atom is -0.392 e. The van der Waals surface area contributed by atoms with Crippen molar-refractivity contribution < 1.29 is 15.0 Å². The number of unbranched alkanes of at least 4 members (excludes halogenated alkanes) is 4. The van der Waals surface area contributed by atoms with Gasteiger partial charge < -0.3 is 15.1 Å². The molecule has 0 bridgehead atoms. The molecule has 28 heavy (non-hydrogen) atoms. The summed E-state index contributed by atoms with van der Waals surface area (Å²) in [7, 11) is 3.62. The molecule has 0 spiro atoms. The van der Waals surface area contributed by atoms with E-state index in [1.807, 2.05) is 20.2 Å². The molecule has 0 aliphatic heterocycles. The first-order chi connectivity index (χ1) is 13.4. The number of aliphatic hydroxyl groups is 2. The Hall–Kier alpha value is -1.13. The van der Waals surface area contributed by atoms with Crippen LogP contribution in [0.5, 0.6) is 0 Å². The van der Waals surface area contributed by atoms with E-state index in [1.165, 1.54) is 18.4 Å². The third-order valence-electron chi connectivity index (χ3n) is 6.55. The Bertz CT molecular complexity index is 540. The van der Waals surface area contributed by atoms with Gasteiger partial charge in [0.1, 0.15) is 0 Å². The topological polar surface area (TPSA) is 60.8 Å².